The average Bonchev–Trinajstić information content (AvgIpc) is 2.82. The molecule has 0 radical (unpaired) electrons. The maximum Gasteiger partial charge on any atom is 0.151 e. The number of hydrogen-bond acceptors (Lipinski definition) is 3. The summed E-state index contributed by atoms with van der Waals surface area (Å²) in [7, 11) is 1.93. The van der Waals surface area contributed by atoms with Crippen molar-refractivity contribution >= 4 is 5.82 Å². The first-order chi connectivity index (χ1) is 8.08. The second-order valence-corrected chi connectivity index (χ2v) is 4.55. The van der Waals surface area contributed by atoms with E-state index in [2.05, 4.69) is 36.3 Å². The smallest absolute Gasteiger partial charge is 0.151 e. The van der Waals surface area contributed by atoms with E-state index in [-0.39, 0.29) is 0 Å². The molecule has 0 saturated heterocycles. The van der Waals surface area contributed by atoms with Crippen molar-refractivity contribution in [2.75, 3.05) is 5.32 Å². The van der Waals surface area contributed by atoms with Crippen molar-refractivity contribution in [1.29, 1.82) is 0 Å². The van der Waals surface area contributed by atoms with E-state index >= 15 is 0 Å². The van der Waals surface area contributed by atoms with Crippen LogP contribution in [-0.2, 0) is 13.6 Å². The van der Waals surface area contributed by atoms with Gasteiger partial charge in [-0.1, -0.05) is 0 Å². The zero-order chi connectivity index (χ0) is 12.4. The summed E-state index contributed by atoms with van der Waals surface area (Å²) >= 11 is 0. The minimum atomic E-state index is 0.381. The Hall–Kier alpha value is -1.78. The molecule has 0 saturated carbocycles. The molecule has 0 aliphatic heterocycles. The number of rotatable bonds is 4. The second-order valence-electron chi connectivity index (χ2n) is 4.55. The first-order valence-corrected chi connectivity index (χ1v) is 5.84. The van der Waals surface area contributed by atoms with Crippen LogP contribution in [0.5, 0.6) is 0 Å². The summed E-state index contributed by atoms with van der Waals surface area (Å²) in [6.07, 6.45) is 3.84. The molecule has 5 nitrogen and oxygen atoms in total. The summed E-state index contributed by atoms with van der Waals surface area (Å²) in [6.45, 7) is 7.05. The van der Waals surface area contributed by atoms with Crippen molar-refractivity contribution in [2.45, 2.75) is 33.4 Å². The summed E-state index contributed by atoms with van der Waals surface area (Å²) in [5.41, 5.74) is 2.33. The first kappa shape index (κ1) is 11.7. The normalized spacial score (nSPS) is 11.1. The molecule has 2 heterocycles. The van der Waals surface area contributed by atoms with E-state index in [1.807, 2.05) is 34.9 Å². The molecule has 2 aromatic rings. The van der Waals surface area contributed by atoms with E-state index in [9.17, 15) is 0 Å². The largest absolute Gasteiger partial charge is 0.363 e. The Morgan fingerprint density at radius 3 is 2.76 bits per heavy atom. The van der Waals surface area contributed by atoms with Crippen molar-refractivity contribution in [1.82, 2.24) is 19.6 Å². The molecule has 5 heteroatoms. The van der Waals surface area contributed by atoms with E-state index in [0.717, 1.165) is 17.9 Å². The lowest BCUT2D eigenvalue weighted by atomic mass is 10.3. The van der Waals surface area contributed by atoms with Gasteiger partial charge in [0.2, 0.25) is 0 Å². The van der Waals surface area contributed by atoms with Gasteiger partial charge in [-0.15, -0.1) is 0 Å². The van der Waals surface area contributed by atoms with Crippen LogP contribution in [0.25, 0.3) is 0 Å². The zero-order valence-electron chi connectivity index (χ0n) is 10.8. The average molecular weight is 233 g/mol. The number of aryl methyl sites for hydroxylation is 2. The Balaban J connectivity index is 2.07. The van der Waals surface area contributed by atoms with Gasteiger partial charge in [-0.2, -0.15) is 10.2 Å². The van der Waals surface area contributed by atoms with Crippen molar-refractivity contribution in [2.24, 2.45) is 7.05 Å². The number of aromatic nitrogens is 4. The van der Waals surface area contributed by atoms with Gasteiger partial charge in [0.15, 0.2) is 5.82 Å². The summed E-state index contributed by atoms with van der Waals surface area (Å²) < 4.78 is 3.84. The molecule has 0 bridgehead atoms. The molecule has 2 aromatic heterocycles. The van der Waals surface area contributed by atoms with Crippen LogP contribution < -0.4 is 5.32 Å². The van der Waals surface area contributed by atoms with E-state index < -0.39 is 0 Å². The van der Waals surface area contributed by atoms with Crippen molar-refractivity contribution in [3.8, 4) is 0 Å². The van der Waals surface area contributed by atoms with Gasteiger partial charge < -0.3 is 5.32 Å². The molecule has 0 fully saturated rings. The van der Waals surface area contributed by atoms with Crippen molar-refractivity contribution in [3.05, 3.63) is 29.7 Å². The topological polar surface area (TPSA) is 47.7 Å². The van der Waals surface area contributed by atoms with Crippen LogP contribution in [0.15, 0.2) is 18.5 Å². The third-order valence-corrected chi connectivity index (χ3v) is 2.69. The Morgan fingerprint density at radius 1 is 1.41 bits per heavy atom. The molecule has 2 rings (SSSR count). The number of nitrogens with one attached hydrogen (secondary N) is 1. The summed E-state index contributed by atoms with van der Waals surface area (Å²) in [5, 5.41) is 12.0. The standard InChI is InChI=1S/C12H19N5/c1-9(2)17-11(5-6-14-17)7-13-12-10(3)8-16(4)15-12/h5-6,8-9H,7H2,1-4H3,(H,13,15). The van der Waals surface area contributed by atoms with Gasteiger partial charge in [0.1, 0.15) is 0 Å². The number of nitrogens with zero attached hydrogens (tertiary/aromatic N) is 4. The lowest BCUT2D eigenvalue weighted by Gasteiger charge is -2.11. The molecular weight excluding hydrogens is 214 g/mol. The fourth-order valence-electron chi connectivity index (χ4n) is 1.90. The van der Waals surface area contributed by atoms with Gasteiger partial charge in [0, 0.05) is 31.0 Å². The number of hydrogen-bond donors (Lipinski definition) is 1. The van der Waals surface area contributed by atoms with Crippen LogP contribution in [0.3, 0.4) is 0 Å². The lowest BCUT2D eigenvalue weighted by Crippen LogP contribution is -2.11. The Bertz CT molecular complexity index is 495. The fraction of sp³-hybridized carbons (Fsp3) is 0.500. The molecule has 0 aromatic carbocycles. The Labute approximate surface area is 101 Å². The molecule has 1 N–H and O–H groups in total. The van der Waals surface area contributed by atoms with Gasteiger partial charge >= 0.3 is 0 Å². The van der Waals surface area contributed by atoms with Crippen LogP contribution in [0.1, 0.15) is 31.1 Å². The molecular formula is C12H19N5. The van der Waals surface area contributed by atoms with Gasteiger partial charge in [-0.05, 0) is 26.8 Å². The van der Waals surface area contributed by atoms with Crippen LogP contribution in [0, 0.1) is 6.92 Å². The molecule has 0 atom stereocenters. The second kappa shape index (κ2) is 4.61. The SMILES string of the molecule is Cc1cn(C)nc1NCc1ccnn1C(C)C. The van der Waals surface area contributed by atoms with Crippen molar-refractivity contribution < 1.29 is 0 Å². The summed E-state index contributed by atoms with van der Waals surface area (Å²) in [5.74, 6) is 0.934. The lowest BCUT2D eigenvalue weighted by molar-refractivity contribution is 0.512. The van der Waals surface area contributed by atoms with Crippen LogP contribution in [0.2, 0.25) is 0 Å². The highest BCUT2D eigenvalue weighted by Crippen LogP contribution is 2.13. The van der Waals surface area contributed by atoms with E-state index in [0.29, 0.717) is 6.04 Å². The molecule has 0 unspecified atom stereocenters. The fourth-order valence-corrected chi connectivity index (χ4v) is 1.90. The molecule has 0 aliphatic carbocycles. The highest BCUT2D eigenvalue weighted by Gasteiger charge is 2.07. The predicted octanol–water partition coefficient (Wildman–Crippen LogP) is 2.12. The predicted molar refractivity (Wildman–Crippen MR) is 67.9 cm³/mol. The third kappa shape index (κ3) is 2.49. The molecule has 0 aliphatic rings. The summed E-state index contributed by atoms with van der Waals surface area (Å²) in [6, 6.07) is 2.41. The van der Waals surface area contributed by atoms with Crippen LogP contribution in [-0.4, -0.2) is 19.6 Å². The van der Waals surface area contributed by atoms with Crippen LogP contribution in [0.4, 0.5) is 5.82 Å². The maximum absolute atomic E-state index is 4.36. The van der Waals surface area contributed by atoms with E-state index in [1.54, 1.807) is 0 Å². The van der Waals surface area contributed by atoms with E-state index in [1.165, 1.54) is 5.69 Å². The van der Waals surface area contributed by atoms with Crippen LogP contribution >= 0.6 is 0 Å². The summed E-state index contributed by atoms with van der Waals surface area (Å²) in [4.78, 5) is 0. The number of anilines is 1. The van der Waals surface area contributed by atoms with Gasteiger partial charge in [-0.25, -0.2) is 0 Å². The van der Waals surface area contributed by atoms with Gasteiger partial charge in [0.05, 0.1) is 12.2 Å². The van der Waals surface area contributed by atoms with Gasteiger partial charge in [0.25, 0.3) is 0 Å². The molecule has 0 amide bonds. The highest BCUT2D eigenvalue weighted by atomic mass is 15.3. The molecule has 17 heavy (non-hydrogen) atoms. The quantitative estimate of drug-likeness (QED) is 0.880. The van der Waals surface area contributed by atoms with Gasteiger partial charge in [-0.3, -0.25) is 9.36 Å². The van der Waals surface area contributed by atoms with Crippen molar-refractivity contribution in [3.63, 3.8) is 0 Å². The third-order valence-electron chi connectivity index (χ3n) is 2.69. The zero-order valence-corrected chi connectivity index (χ0v) is 10.8. The molecule has 92 valence electrons. The minimum absolute atomic E-state index is 0.381. The highest BCUT2D eigenvalue weighted by molar-refractivity contribution is 5.41. The Morgan fingerprint density at radius 2 is 2.18 bits per heavy atom. The Kier molecular flexibility index (Phi) is 3.17. The minimum Gasteiger partial charge on any atom is -0.363 e. The monoisotopic (exact) mass is 233 g/mol. The first-order valence-electron chi connectivity index (χ1n) is 5.84. The van der Waals surface area contributed by atoms with E-state index in [4.69, 9.17) is 0 Å². The molecule has 0 spiro atoms. The maximum atomic E-state index is 4.36.